The molecule has 31 heavy (non-hydrogen) atoms. The summed E-state index contributed by atoms with van der Waals surface area (Å²) in [5, 5.41) is 10.7. The van der Waals surface area contributed by atoms with Crippen LogP contribution in [-0.2, 0) is 14.9 Å². The van der Waals surface area contributed by atoms with Gasteiger partial charge in [-0.15, -0.1) is 5.10 Å². The number of nitrogens with zero attached hydrogens (tertiary/aromatic N) is 3. The van der Waals surface area contributed by atoms with Crippen molar-refractivity contribution in [3.8, 4) is 11.4 Å². The number of carbonyl (C=O) groups is 1. The van der Waals surface area contributed by atoms with Crippen LogP contribution in [0, 0.1) is 5.92 Å². The minimum atomic E-state index is -0.138. The first-order chi connectivity index (χ1) is 14.8. The van der Waals surface area contributed by atoms with E-state index < -0.39 is 0 Å². The molecule has 0 spiro atoms. The van der Waals surface area contributed by atoms with E-state index in [9.17, 15) is 4.79 Å². The lowest BCUT2D eigenvalue weighted by Gasteiger charge is -2.14. The Morgan fingerprint density at radius 1 is 1.23 bits per heavy atom. The third-order valence-electron chi connectivity index (χ3n) is 5.50. The zero-order valence-corrected chi connectivity index (χ0v) is 19.4. The summed E-state index contributed by atoms with van der Waals surface area (Å²) in [6.45, 7) is 11.5. The van der Waals surface area contributed by atoms with Crippen LogP contribution in [0.2, 0.25) is 0 Å². The van der Waals surface area contributed by atoms with Crippen molar-refractivity contribution in [1.82, 2.24) is 19.8 Å². The molecule has 7 heteroatoms. The van der Waals surface area contributed by atoms with Crippen LogP contribution >= 0.6 is 0 Å². The van der Waals surface area contributed by atoms with Gasteiger partial charge in [-0.2, -0.15) is 4.63 Å². The molecule has 0 saturated heterocycles. The van der Waals surface area contributed by atoms with Crippen molar-refractivity contribution in [2.24, 2.45) is 5.92 Å². The van der Waals surface area contributed by atoms with E-state index in [2.05, 4.69) is 55.1 Å². The quantitative estimate of drug-likeness (QED) is 0.468. The van der Waals surface area contributed by atoms with Gasteiger partial charge in [0.1, 0.15) is 6.61 Å². The maximum atomic E-state index is 12.2. The van der Waals surface area contributed by atoms with Gasteiger partial charge < -0.3 is 10.1 Å². The first-order valence-corrected chi connectivity index (χ1v) is 11.2. The fourth-order valence-electron chi connectivity index (χ4n) is 3.40. The number of anilines is 1. The van der Waals surface area contributed by atoms with E-state index >= 15 is 0 Å². The number of aromatic nitrogens is 4. The predicted molar refractivity (Wildman–Crippen MR) is 124 cm³/mol. The second-order valence-electron chi connectivity index (χ2n) is 9.18. The monoisotopic (exact) mass is 425 g/mol. The molecule has 168 valence electrons. The number of aromatic amines is 1. The highest BCUT2D eigenvalue weighted by Gasteiger charge is 2.18. The van der Waals surface area contributed by atoms with E-state index in [1.54, 1.807) is 4.63 Å². The number of hydrogen-bond acceptors (Lipinski definition) is 4. The van der Waals surface area contributed by atoms with Gasteiger partial charge in [-0.3, -0.25) is 9.89 Å². The lowest BCUT2D eigenvalue weighted by Crippen LogP contribution is -2.20. The van der Waals surface area contributed by atoms with E-state index in [1.807, 2.05) is 30.3 Å². The maximum absolute atomic E-state index is 12.2. The number of unbranched alkanes of at least 4 members (excludes halogenated alkanes) is 1. The molecule has 0 saturated carbocycles. The number of nitrogens with one attached hydrogen (secondary N) is 2. The van der Waals surface area contributed by atoms with Crippen molar-refractivity contribution in [3.05, 3.63) is 36.0 Å². The van der Waals surface area contributed by atoms with Gasteiger partial charge >= 0.3 is 0 Å². The molecule has 2 N–H and O–H groups in total. The lowest BCUT2D eigenvalue weighted by molar-refractivity contribution is -0.121. The molecule has 1 atom stereocenters. The zero-order valence-electron chi connectivity index (χ0n) is 19.4. The summed E-state index contributed by atoms with van der Waals surface area (Å²) >= 11 is 0. The van der Waals surface area contributed by atoms with Gasteiger partial charge in [0.05, 0.1) is 6.61 Å². The highest BCUT2D eigenvalue weighted by molar-refractivity contribution is 5.91. The lowest BCUT2D eigenvalue weighted by atomic mass is 9.93. The number of carbonyl (C=O) groups excluding carboxylic acids is 1. The summed E-state index contributed by atoms with van der Waals surface area (Å²) in [5.41, 5.74) is 3.52. The Labute approximate surface area is 184 Å². The number of rotatable bonds is 10. The van der Waals surface area contributed by atoms with Crippen molar-refractivity contribution < 1.29 is 9.53 Å². The highest BCUT2D eigenvalue weighted by atomic mass is 16.5. The molecule has 3 rings (SSSR count). The predicted octanol–water partition coefficient (Wildman–Crippen LogP) is 5.19. The Bertz CT molecular complexity index is 950. The number of amides is 1. The van der Waals surface area contributed by atoms with Crippen LogP contribution in [0.1, 0.15) is 66.0 Å². The van der Waals surface area contributed by atoms with E-state index in [4.69, 9.17) is 4.74 Å². The second-order valence-corrected chi connectivity index (χ2v) is 9.18. The SMILES string of the molecule is CCCCC(CC)COCC(=O)Nc1ccc(-c2nc3cc(C(C)(C)C)[nH]n3n2)cc1. The van der Waals surface area contributed by atoms with E-state index in [-0.39, 0.29) is 17.9 Å². The molecule has 3 aromatic rings. The van der Waals surface area contributed by atoms with E-state index in [0.717, 1.165) is 35.4 Å². The van der Waals surface area contributed by atoms with Gasteiger partial charge in [0.2, 0.25) is 5.91 Å². The first kappa shape index (κ1) is 23.0. The minimum absolute atomic E-state index is 0.0130. The molecule has 0 radical (unpaired) electrons. The van der Waals surface area contributed by atoms with Gasteiger partial charge in [-0.1, -0.05) is 53.9 Å². The normalized spacial score (nSPS) is 12.9. The maximum Gasteiger partial charge on any atom is 0.250 e. The molecule has 2 aromatic heterocycles. The molecule has 0 aliphatic heterocycles. The molecule has 0 aliphatic rings. The number of hydrogen-bond donors (Lipinski definition) is 2. The van der Waals surface area contributed by atoms with Gasteiger partial charge in [-0.05, 0) is 36.6 Å². The largest absolute Gasteiger partial charge is 0.371 e. The van der Waals surface area contributed by atoms with Crippen LogP contribution in [0.3, 0.4) is 0 Å². The Morgan fingerprint density at radius 3 is 2.58 bits per heavy atom. The smallest absolute Gasteiger partial charge is 0.250 e. The standard InChI is InChI=1S/C24H35N5O2/c1-6-8-9-17(7-2)15-31-16-22(30)25-19-12-10-18(11-13-19)23-26-21-14-20(24(3,4)5)27-29(21)28-23/h10-14,17,27H,6-9,15-16H2,1-5H3,(H,25,30). The average Bonchev–Trinajstić information content (AvgIpc) is 3.30. The van der Waals surface area contributed by atoms with Crippen molar-refractivity contribution in [2.75, 3.05) is 18.5 Å². The molecule has 1 amide bonds. The summed E-state index contributed by atoms with van der Waals surface area (Å²) in [6.07, 6.45) is 4.64. The van der Waals surface area contributed by atoms with Crippen LogP contribution in [0.5, 0.6) is 0 Å². The third-order valence-corrected chi connectivity index (χ3v) is 5.50. The van der Waals surface area contributed by atoms with Crippen LogP contribution < -0.4 is 5.32 Å². The van der Waals surface area contributed by atoms with Crippen LogP contribution in [0.15, 0.2) is 30.3 Å². The number of benzene rings is 1. The molecule has 7 nitrogen and oxygen atoms in total. The first-order valence-electron chi connectivity index (χ1n) is 11.2. The topological polar surface area (TPSA) is 84.3 Å². The number of ether oxygens (including phenoxy) is 1. The Balaban J connectivity index is 1.53. The minimum Gasteiger partial charge on any atom is -0.371 e. The molecule has 2 heterocycles. The van der Waals surface area contributed by atoms with Crippen molar-refractivity contribution in [1.29, 1.82) is 0 Å². The van der Waals surface area contributed by atoms with Gasteiger partial charge in [0, 0.05) is 28.4 Å². The van der Waals surface area contributed by atoms with Gasteiger partial charge in [-0.25, -0.2) is 4.98 Å². The molecule has 0 aliphatic carbocycles. The molecular formula is C24H35N5O2. The molecule has 0 bridgehead atoms. The second kappa shape index (κ2) is 10.1. The van der Waals surface area contributed by atoms with Crippen molar-refractivity contribution >= 4 is 17.2 Å². The van der Waals surface area contributed by atoms with Crippen molar-refractivity contribution in [2.45, 2.75) is 65.7 Å². The zero-order chi connectivity index (χ0) is 22.4. The average molecular weight is 426 g/mol. The van der Waals surface area contributed by atoms with Crippen LogP contribution in [0.25, 0.3) is 17.0 Å². The van der Waals surface area contributed by atoms with E-state index in [1.165, 1.54) is 12.8 Å². The Morgan fingerprint density at radius 2 is 1.97 bits per heavy atom. The van der Waals surface area contributed by atoms with Crippen LogP contribution in [0.4, 0.5) is 5.69 Å². The fraction of sp³-hybridized carbons (Fsp3) is 0.542. The van der Waals surface area contributed by atoms with E-state index in [0.29, 0.717) is 18.3 Å². The Kier molecular flexibility index (Phi) is 7.49. The number of fused-ring (bicyclic) bond motifs is 1. The molecule has 1 unspecified atom stereocenters. The van der Waals surface area contributed by atoms with Crippen molar-refractivity contribution in [3.63, 3.8) is 0 Å². The molecular weight excluding hydrogens is 390 g/mol. The third kappa shape index (κ3) is 6.17. The fourth-order valence-corrected chi connectivity index (χ4v) is 3.40. The summed E-state index contributed by atoms with van der Waals surface area (Å²) < 4.78 is 7.33. The van der Waals surface area contributed by atoms with Crippen LogP contribution in [-0.4, -0.2) is 38.9 Å². The summed E-state index contributed by atoms with van der Waals surface area (Å²) in [7, 11) is 0. The van der Waals surface area contributed by atoms with Gasteiger partial charge in [0.25, 0.3) is 0 Å². The number of H-pyrrole nitrogens is 1. The highest BCUT2D eigenvalue weighted by Crippen LogP contribution is 2.24. The Hall–Kier alpha value is -2.67. The molecule has 1 aromatic carbocycles. The summed E-state index contributed by atoms with van der Waals surface area (Å²) in [5.74, 6) is 1.03. The molecule has 0 fully saturated rings. The van der Waals surface area contributed by atoms with Gasteiger partial charge in [0.15, 0.2) is 11.5 Å². The summed E-state index contributed by atoms with van der Waals surface area (Å²) in [6, 6.07) is 9.57. The summed E-state index contributed by atoms with van der Waals surface area (Å²) in [4.78, 5) is 16.8.